The van der Waals surface area contributed by atoms with Gasteiger partial charge in [0.1, 0.15) is 0 Å². The van der Waals surface area contributed by atoms with Gasteiger partial charge in [-0.15, -0.1) is 0 Å². The molecule has 1 N–H and O–H groups in total. The fourth-order valence-electron chi connectivity index (χ4n) is 1.21. The quantitative estimate of drug-likeness (QED) is 0.457. The van der Waals surface area contributed by atoms with Crippen LogP contribution in [0.4, 0.5) is 10.1 Å². The third kappa shape index (κ3) is 3.16. The lowest BCUT2D eigenvalue weighted by Crippen LogP contribution is -2.12. The lowest BCUT2D eigenvalue weighted by molar-refractivity contribution is -0.386. The van der Waals surface area contributed by atoms with Crippen molar-refractivity contribution in [2.45, 2.75) is 6.42 Å². The molecule has 0 bridgehead atoms. The molecular weight excluding hydrogens is 215 g/mol. The first-order chi connectivity index (χ1) is 7.66. The van der Waals surface area contributed by atoms with E-state index in [1.807, 2.05) is 0 Å². The Hall–Kier alpha value is -1.69. The lowest BCUT2D eigenvalue weighted by Gasteiger charge is -2.07. The molecule has 0 aromatic heterocycles. The van der Waals surface area contributed by atoms with Gasteiger partial charge in [-0.25, -0.2) is 4.39 Å². The van der Waals surface area contributed by atoms with Gasteiger partial charge in [0, 0.05) is 6.07 Å². The SMILES string of the molecule is CNCCCOc1c(F)cccc1[N+](=O)[O-]. The Morgan fingerprint density at radius 1 is 1.56 bits per heavy atom. The van der Waals surface area contributed by atoms with Crippen LogP contribution >= 0.6 is 0 Å². The number of benzene rings is 1. The van der Waals surface area contributed by atoms with Crippen LogP contribution in [0, 0.1) is 15.9 Å². The van der Waals surface area contributed by atoms with Crippen molar-refractivity contribution in [2.24, 2.45) is 0 Å². The predicted octanol–water partition coefficient (Wildman–Crippen LogP) is 1.72. The Balaban J connectivity index is 2.73. The number of nitro groups is 1. The first-order valence-corrected chi connectivity index (χ1v) is 4.87. The fraction of sp³-hybridized carbons (Fsp3) is 0.400. The summed E-state index contributed by atoms with van der Waals surface area (Å²) >= 11 is 0. The van der Waals surface area contributed by atoms with Crippen molar-refractivity contribution in [3.05, 3.63) is 34.1 Å². The molecule has 0 saturated heterocycles. The maximum Gasteiger partial charge on any atom is 0.314 e. The van der Waals surface area contributed by atoms with E-state index in [0.29, 0.717) is 13.0 Å². The van der Waals surface area contributed by atoms with Crippen molar-refractivity contribution in [1.82, 2.24) is 5.32 Å². The van der Waals surface area contributed by atoms with Gasteiger partial charge in [-0.2, -0.15) is 0 Å². The molecule has 1 aromatic carbocycles. The van der Waals surface area contributed by atoms with Crippen LogP contribution in [0.3, 0.4) is 0 Å². The largest absolute Gasteiger partial charge is 0.485 e. The molecule has 0 atom stereocenters. The van der Waals surface area contributed by atoms with Gasteiger partial charge in [-0.1, -0.05) is 6.07 Å². The molecule has 0 spiro atoms. The van der Waals surface area contributed by atoms with E-state index in [-0.39, 0.29) is 18.0 Å². The number of nitrogens with zero attached hydrogens (tertiary/aromatic N) is 1. The van der Waals surface area contributed by atoms with Crippen LogP contribution in [0.2, 0.25) is 0 Å². The minimum absolute atomic E-state index is 0.239. The van der Waals surface area contributed by atoms with Gasteiger partial charge >= 0.3 is 5.69 Å². The zero-order valence-corrected chi connectivity index (χ0v) is 8.90. The summed E-state index contributed by atoms with van der Waals surface area (Å²) in [6.45, 7) is 0.949. The Bertz CT molecular complexity index is 371. The van der Waals surface area contributed by atoms with Crippen LogP contribution in [-0.2, 0) is 0 Å². The maximum atomic E-state index is 13.3. The van der Waals surface area contributed by atoms with Crippen molar-refractivity contribution in [2.75, 3.05) is 20.2 Å². The molecule has 0 aliphatic carbocycles. The number of halogens is 1. The van der Waals surface area contributed by atoms with Crippen LogP contribution in [0.5, 0.6) is 5.75 Å². The Morgan fingerprint density at radius 3 is 2.94 bits per heavy atom. The van der Waals surface area contributed by atoms with Gasteiger partial charge in [0.05, 0.1) is 11.5 Å². The second-order valence-electron chi connectivity index (χ2n) is 3.15. The molecule has 0 amide bonds. The molecule has 0 heterocycles. The molecule has 0 radical (unpaired) electrons. The highest BCUT2D eigenvalue weighted by molar-refractivity contribution is 5.46. The third-order valence-corrected chi connectivity index (χ3v) is 1.96. The molecule has 5 nitrogen and oxygen atoms in total. The number of nitro benzene ring substituents is 1. The summed E-state index contributed by atoms with van der Waals surface area (Å²) in [5.41, 5.74) is -0.343. The first kappa shape index (κ1) is 12.4. The molecule has 0 fully saturated rings. The molecule has 1 rings (SSSR count). The smallest absolute Gasteiger partial charge is 0.314 e. The van der Waals surface area contributed by atoms with Gasteiger partial charge in [-0.3, -0.25) is 10.1 Å². The van der Waals surface area contributed by atoms with Crippen LogP contribution < -0.4 is 10.1 Å². The van der Waals surface area contributed by atoms with Gasteiger partial charge in [-0.05, 0) is 26.1 Å². The normalized spacial score (nSPS) is 10.1. The van der Waals surface area contributed by atoms with Gasteiger partial charge in [0.25, 0.3) is 0 Å². The third-order valence-electron chi connectivity index (χ3n) is 1.96. The number of para-hydroxylation sites is 1. The molecule has 16 heavy (non-hydrogen) atoms. The first-order valence-electron chi connectivity index (χ1n) is 4.87. The zero-order chi connectivity index (χ0) is 12.0. The molecule has 88 valence electrons. The summed E-state index contributed by atoms with van der Waals surface area (Å²) in [4.78, 5) is 9.95. The van der Waals surface area contributed by atoms with Crippen molar-refractivity contribution in [3.8, 4) is 5.75 Å². The van der Waals surface area contributed by atoms with Crippen LogP contribution in [-0.4, -0.2) is 25.1 Å². The molecule has 0 aliphatic rings. The molecule has 0 aliphatic heterocycles. The number of ether oxygens (including phenoxy) is 1. The lowest BCUT2D eigenvalue weighted by atomic mass is 10.3. The second kappa shape index (κ2) is 6.02. The number of hydrogen-bond acceptors (Lipinski definition) is 4. The van der Waals surface area contributed by atoms with E-state index >= 15 is 0 Å². The summed E-state index contributed by atoms with van der Waals surface area (Å²) in [5, 5.41) is 13.5. The van der Waals surface area contributed by atoms with E-state index < -0.39 is 10.7 Å². The minimum atomic E-state index is -0.710. The van der Waals surface area contributed by atoms with Gasteiger partial charge < -0.3 is 10.1 Å². The maximum absolute atomic E-state index is 13.3. The monoisotopic (exact) mass is 228 g/mol. The van der Waals surface area contributed by atoms with Crippen molar-refractivity contribution >= 4 is 5.69 Å². The summed E-state index contributed by atoms with van der Waals surface area (Å²) in [6, 6.07) is 3.64. The van der Waals surface area contributed by atoms with E-state index in [0.717, 1.165) is 6.07 Å². The van der Waals surface area contributed by atoms with Crippen LogP contribution in [0.15, 0.2) is 18.2 Å². The highest BCUT2D eigenvalue weighted by Gasteiger charge is 2.18. The predicted molar refractivity (Wildman–Crippen MR) is 57.1 cm³/mol. The molecular formula is C10H13FN2O3. The summed E-state index contributed by atoms with van der Waals surface area (Å²) in [6.07, 6.45) is 0.655. The van der Waals surface area contributed by atoms with E-state index in [9.17, 15) is 14.5 Å². The zero-order valence-electron chi connectivity index (χ0n) is 8.90. The number of rotatable bonds is 6. The van der Waals surface area contributed by atoms with E-state index in [4.69, 9.17) is 4.74 Å². The van der Waals surface area contributed by atoms with Crippen LogP contribution in [0.25, 0.3) is 0 Å². The standard InChI is InChI=1S/C10H13FN2O3/c1-12-6-3-7-16-10-8(11)4-2-5-9(10)13(14)15/h2,4-5,12H,3,6-7H2,1H3. The summed E-state index contributed by atoms with van der Waals surface area (Å²) < 4.78 is 18.3. The van der Waals surface area contributed by atoms with Crippen molar-refractivity contribution in [3.63, 3.8) is 0 Å². The highest BCUT2D eigenvalue weighted by atomic mass is 19.1. The Kier molecular flexibility index (Phi) is 4.65. The van der Waals surface area contributed by atoms with Gasteiger partial charge in [0.15, 0.2) is 5.82 Å². The van der Waals surface area contributed by atoms with Crippen molar-refractivity contribution in [1.29, 1.82) is 0 Å². The molecule has 0 saturated carbocycles. The molecule has 0 unspecified atom stereocenters. The van der Waals surface area contributed by atoms with E-state index in [1.165, 1.54) is 12.1 Å². The van der Waals surface area contributed by atoms with Crippen molar-refractivity contribution < 1.29 is 14.1 Å². The van der Waals surface area contributed by atoms with Gasteiger partial charge in [0.2, 0.25) is 5.75 Å². The molecule has 6 heteroatoms. The highest BCUT2D eigenvalue weighted by Crippen LogP contribution is 2.29. The summed E-state index contributed by atoms with van der Waals surface area (Å²) in [7, 11) is 1.78. The fourth-order valence-corrected chi connectivity index (χ4v) is 1.21. The Labute approximate surface area is 92.4 Å². The number of hydrogen-bond donors (Lipinski definition) is 1. The van der Waals surface area contributed by atoms with E-state index in [1.54, 1.807) is 7.05 Å². The van der Waals surface area contributed by atoms with Crippen LogP contribution in [0.1, 0.15) is 6.42 Å². The topological polar surface area (TPSA) is 64.4 Å². The Morgan fingerprint density at radius 2 is 2.31 bits per heavy atom. The van der Waals surface area contributed by atoms with E-state index in [2.05, 4.69) is 5.32 Å². The average molecular weight is 228 g/mol. The number of nitrogens with one attached hydrogen (secondary N) is 1. The minimum Gasteiger partial charge on any atom is -0.485 e. The second-order valence-corrected chi connectivity index (χ2v) is 3.15. The average Bonchev–Trinajstić information content (AvgIpc) is 2.25. The molecule has 1 aromatic rings. The summed E-state index contributed by atoms with van der Waals surface area (Å²) in [5.74, 6) is -0.998.